The molecule has 5 heteroatoms. The Kier molecular flexibility index (Phi) is 3.82. The molecular weight excluding hydrogens is 230 g/mol. The maximum Gasteiger partial charge on any atom is 0.253 e. The smallest absolute Gasteiger partial charge is 0.253 e. The van der Waals surface area contributed by atoms with Crippen LogP contribution in [-0.2, 0) is 9.53 Å². The van der Waals surface area contributed by atoms with Crippen LogP contribution in [0.25, 0.3) is 0 Å². The third kappa shape index (κ3) is 2.53. The van der Waals surface area contributed by atoms with Crippen LogP contribution in [0.2, 0.25) is 0 Å². The van der Waals surface area contributed by atoms with Gasteiger partial charge in [-0.1, -0.05) is 6.42 Å². The summed E-state index contributed by atoms with van der Waals surface area (Å²) >= 11 is 0. The largest absolute Gasteiger partial charge is 0.366 e. The van der Waals surface area contributed by atoms with E-state index in [-0.39, 0.29) is 12.0 Å². The molecule has 0 radical (unpaired) electrons. The molecule has 2 saturated heterocycles. The second-order valence-corrected chi connectivity index (χ2v) is 5.51. The van der Waals surface area contributed by atoms with Crippen molar-refractivity contribution >= 4 is 5.91 Å². The molecule has 1 atom stereocenters. The Bertz CT molecular complexity index is 293. The van der Waals surface area contributed by atoms with Gasteiger partial charge in [-0.2, -0.15) is 0 Å². The highest BCUT2D eigenvalue weighted by Crippen LogP contribution is 2.25. The molecule has 0 spiro atoms. The monoisotopic (exact) mass is 253 g/mol. The third-order valence-corrected chi connectivity index (χ3v) is 4.42. The van der Waals surface area contributed by atoms with E-state index < -0.39 is 0 Å². The average molecular weight is 253 g/mol. The molecule has 0 bridgehead atoms. The number of amides is 1. The Morgan fingerprint density at radius 3 is 2.50 bits per heavy atom. The van der Waals surface area contributed by atoms with E-state index in [2.05, 4.69) is 10.2 Å². The van der Waals surface area contributed by atoms with Gasteiger partial charge in [-0.3, -0.25) is 9.69 Å². The fraction of sp³-hybridized carbons (Fsp3) is 0.923. The second-order valence-electron chi connectivity index (χ2n) is 5.51. The molecule has 0 aromatic rings. The van der Waals surface area contributed by atoms with Crippen LogP contribution in [0.4, 0.5) is 0 Å². The van der Waals surface area contributed by atoms with Crippen molar-refractivity contribution in [2.24, 2.45) is 0 Å². The lowest BCUT2D eigenvalue weighted by Crippen LogP contribution is -2.57. The molecule has 102 valence electrons. The summed E-state index contributed by atoms with van der Waals surface area (Å²) in [6.07, 6.45) is 3.83. The standard InChI is InChI=1S/C13H23N3O2/c17-13(12-10-14-4-9-18-12)16-7-5-15(6-8-16)11-2-1-3-11/h11-12,14H,1-10H2. The summed E-state index contributed by atoms with van der Waals surface area (Å²) in [7, 11) is 0. The third-order valence-electron chi connectivity index (χ3n) is 4.42. The van der Waals surface area contributed by atoms with Gasteiger partial charge in [0, 0.05) is 45.3 Å². The zero-order chi connectivity index (χ0) is 12.4. The first-order valence-electron chi connectivity index (χ1n) is 7.20. The van der Waals surface area contributed by atoms with Crippen LogP contribution in [-0.4, -0.2) is 73.7 Å². The predicted octanol–water partition coefficient (Wildman–Crippen LogP) is -0.328. The number of carbonyl (C=O) groups excluding carboxylic acids is 1. The van der Waals surface area contributed by atoms with E-state index in [4.69, 9.17) is 4.74 Å². The van der Waals surface area contributed by atoms with Crippen LogP contribution in [0.1, 0.15) is 19.3 Å². The van der Waals surface area contributed by atoms with Gasteiger partial charge >= 0.3 is 0 Å². The SMILES string of the molecule is O=C(C1CNCCO1)N1CCN(C2CCC2)CC1. The molecule has 2 heterocycles. The van der Waals surface area contributed by atoms with E-state index >= 15 is 0 Å². The second kappa shape index (κ2) is 5.55. The van der Waals surface area contributed by atoms with Crippen LogP contribution >= 0.6 is 0 Å². The molecule has 0 aromatic heterocycles. The highest BCUT2D eigenvalue weighted by molar-refractivity contribution is 5.81. The van der Waals surface area contributed by atoms with Gasteiger partial charge in [-0.05, 0) is 12.8 Å². The molecule has 0 aromatic carbocycles. The average Bonchev–Trinajstić information content (AvgIpc) is 2.38. The van der Waals surface area contributed by atoms with E-state index in [1.165, 1.54) is 19.3 Å². The van der Waals surface area contributed by atoms with Crippen molar-refractivity contribution in [1.82, 2.24) is 15.1 Å². The summed E-state index contributed by atoms with van der Waals surface area (Å²) in [5, 5.41) is 3.22. The summed E-state index contributed by atoms with van der Waals surface area (Å²) < 4.78 is 5.53. The van der Waals surface area contributed by atoms with Gasteiger partial charge in [-0.25, -0.2) is 0 Å². The molecule has 1 N–H and O–H groups in total. The van der Waals surface area contributed by atoms with Crippen LogP contribution < -0.4 is 5.32 Å². The Balaban J connectivity index is 1.47. The summed E-state index contributed by atoms with van der Waals surface area (Å²) in [6.45, 7) is 6.00. The maximum atomic E-state index is 12.3. The lowest BCUT2D eigenvalue weighted by atomic mass is 9.91. The number of nitrogens with one attached hydrogen (secondary N) is 1. The van der Waals surface area contributed by atoms with Gasteiger partial charge in [0.25, 0.3) is 5.91 Å². The van der Waals surface area contributed by atoms with Gasteiger partial charge in [-0.15, -0.1) is 0 Å². The first-order chi connectivity index (χ1) is 8.84. The summed E-state index contributed by atoms with van der Waals surface area (Å²) in [4.78, 5) is 16.8. The topological polar surface area (TPSA) is 44.8 Å². The zero-order valence-corrected chi connectivity index (χ0v) is 10.9. The van der Waals surface area contributed by atoms with Crippen LogP contribution in [0, 0.1) is 0 Å². The quantitative estimate of drug-likeness (QED) is 0.732. The van der Waals surface area contributed by atoms with E-state index in [1.807, 2.05) is 4.90 Å². The van der Waals surface area contributed by atoms with Crippen LogP contribution in [0.15, 0.2) is 0 Å². The normalized spacial score (nSPS) is 31.1. The minimum Gasteiger partial charge on any atom is -0.366 e. The van der Waals surface area contributed by atoms with Gasteiger partial charge < -0.3 is 15.0 Å². The zero-order valence-electron chi connectivity index (χ0n) is 10.9. The van der Waals surface area contributed by atoms with Gasteiger partial charge in [0.1, 0.15) is 6.10 Å². The predicted molar refractivity (Wildman–Crippen MR) is 68.4 cm³/mol. The number of piperazine rings is 1. The molecule has 1 amide bonds. The number of hydrogen-bond acceptors (Lipinski definition) is 4. The van der Waals surface area contributed by atoms with Gasteiger partial charge in [0.05, 0.1) is 6.61 Å². The molecule has 3 fully saturated rings. The minimum absolute atomic E-state index is 0.176. The number of carbonyl (C=O) groups is 1. The molecule has 1 aliphatic carbocycles. The Hall–Kier alpha value is -0.650. The number of ether oxygens (including phenoxy) is 1. The van der Waals surface area contributed by atoms with Crippen molar-refractivity contribution in [3.05, 3.63) is 0 Å². The van der Waals surface area contributed by atoms with Gasteiger partial charge in [0.15, 0.2) is 0 Å². The number of nitrogens with zero attached hydrogens (tertiary/aromatic N) is 2. The molecule has 3 rings (SSSR count). The lowest BCUT2D eigenvalue weighted by Gasteiger charge is -2.43. The summed E-state index contributed by atoms with van der Waals surface area (Å²) in [6, 6.07) is 0.801. The van der Waals surface area contributed by atoms with Crippen LogP contribution in [0.5, 0.6) is 0 Å². The van der Waals surface area contributed by atoms with Crippen LogP contribution in [0.3, 0.4) is 0 Å². The van der Waals surface area contributed by atoms with E-state index in [0.717, 1.165) is 38.8 Å². The Morgan fingerprint density at radius 1 is 1.17 bits per heavy atom. The fourth-order valence-corrected chi connectivity index (χ4v) is 2.99. The summed E-state index contributed by atoms with van der Waals surface area (Å²) in [5.74, 6) is 0.176. The molecule has 1 unspecified atom stereocenters. The molecule has 3 aliphatic rings. The Morgan fingerprint density at radius 2 is 1.94 bits per heavy atom. The van der Waals surface area contributed by atoms with E-state index in [9.17, 15) is 4.79 Å². The number of rotatable bonds is 2. The highest BCUT2D eigenvalue weighted by atomic mass is 16.5. The number of morpholine rings is 1. The Labute approximate surface area is 108 Å². The number of hydrogen-bond donors (Lipinski definition) is 1. The molecule has 18 heavy (non-hydrogen) atoms. The molecular formula is C13H23N3O2. The van der Waals surface area contributed by atoms with Crippen molar-refractivity contribution in [3.8, 4) is 0 Å². The first-order valence-corrected chi connectivity index (χ1v) is 7.20. The van der Waals surface area contributed by atoms with Gasteiger partial charge in [0.2, 0.25) is 0 Å². The first kappa shape index (κ1) is 12.4. The van der Waals surface area contributed by atoms with Crippen molar-refractivity contribution in [2.45, 2.75) is 31.4 Å². The maximum absolute atomic E-state index is 12.3. The summed E-state index contributed by atoms with van der Waals surface area (Å²) in [5.41, 5.74) is 0. The molecule has 5 nitrogen and oxygen atoms in total. The molecule has 2 aliphatic heterocycles. The highest BCUT2D eigenvalue weighted by Gasteiger charge is 2.32. The van der Waals surface area contributed by atoms with Crippen molar-refractivity contribution in [3.63, 3.8) is 0 Å². The minimum atomic E-state index is -0.256. The molecule has 1 saturated carbocycles. The lowest BCUT2D eigenvalue weighted by molar-refractivity contribution is -0.147. The van der Waals surface area contributed by atoms with E-state index in [0.29, 0.717) is 13.2 Å². The van der Waals surface area contributed by atoms with Crippen molar-refractivity contribution in [1.29, 1.82) is 0 Å². The van der Waals surface area contributed by atoms with Crippen molar-refractivity contribution in [2.75, 3.05) is 45.9 Å². The fourth-order valence-electron chi connectivity index (χ4n) is 2.99. The van der Waals surface area contributed by atoms with Crippen molar-refractivity contribution < 1.29 is 9.53 Å². The van der Waals surface area contributed by atoms with E-state index in [1.54, 1.807) is 0 Å².